The Morgan fingerprint density at radius 1 is 1.27 bits per heavy atom. The highest BCUT2D eigenvalue weighted by molar-refractivity contribution is 7.17. The quantitative estimate of drug-likeness (QED) is 0.745. The topological polar surface area (TPSA) is 75.4 Å². The molecule has 0 radical (unpaired) electrons. The van der Waals surface area contributed by atoms with Gasteiger partial charge in [-0.2, -0.15) is 0 Å². The lowest BCUT2D eigenvalue weighted by Gasteiger charge is -2.15. The Bertz CT molecular complexity index is 916. The van der Waals surface area contributed by atoms with Crippen molar-refractivity contribution >= 4 is 28.8 Å². The van der Waals surface area contributed by atoms with Crippen LogP contribution in [0.2, 0.25) is 0 Å². The first-order valence-corrected chi connectivity index (χ1v) is 9.18. The van der Waals surface area contributed by atoms with Gasteiger partial charge in [-0.25, -0.2) is 4.98 Å². The molecule has 6 nitrogen and oxygen atoms in total. The van der Waals surface area contributed by atoms with E-state index in [2.05, 4.69) is 10.3 Å². The molecule has 3 aromatic rings. The lowest BCUT2D eigenvalue weighted by Crippen LogP contribution is -2.23. The van der Waals surface area contributed by atoms with Crippen molar-refractivity contribution in [2.75, 3.05) is 11.9 Å². The van der Waals surface area contributed by atoms with Crippen LogP contribution in [0.5, 0.6) is 0 Å². The molecule has 3 heterocycles. The summed E-state index contributed by atoms with van der Waals surface area (Å²) >= 11 is 1.28. The number of hydrogen-bond acceptors (Lipinski definition) is 5. The van der Waals surface area contributed by atoms with Crippen LogP contribution in [0.25, 0.3) is 10.8 Å². The number of likely N-dealkylation sites (tertiary alicyclic amines) is 1. The van der Waals surface area contributed by atoms with Crippen LogP contribution in [0.4, 0.5) is 5.69 Å². The van der Waals surface area contributed by atoms with Gasteiger partial charge in [0.25, 0.3) is 5.91 Å². The summed E-state index contributed by atoms with van der Waals surface area (Å²) in [5, 5.41) is 3.54. The summed E-state index contributed by atoms with van der Waals surface area (Å²) < 4.78 is 5.29. The van der Waals surface area contributed by atoms with Crippen molar-refractivity contribution in [3.8, 4) is 10.8 Å². The first-order chi connectivity index (χ1) is 12.7. The molecule has 1 aliphatic rings. The van der Waals surface area contributed by atoms with Crippen LogP contribution in [-0.4, -0.2) is 28.2 Å². The number of benzene rings is 1. The van der Waals surface area contributed by atoms with Crippen molar-refractivity contribution in [2.45, 2.75) is 19.4 Å². The summed E-state index contributed by atoms with van der Waals surface area (Å²) in [5.74, 6) is 0.651. The molecule has 0 aliphatic carbocycles. The Hall–Kier alpha value is -2.93. The summed E-state index contributed by atoms with van der Waals surface area (Å²) in [5.41, 5.74) is 1.76. The molecule has 2 amide bonds. The van der Waals surface area contributed by atoms with Gasteiger partial charge in [-0.15, -0.1) is 11.3 Å². The van der Waals surface area contributed by atoms with E-state index in [1.165, 1.54) is 11.3 Å². The minimum atomic E-state index is -0.206. The van der Waals surface area contributed by atoms with Gasteiger partial charge in [0.05, 0.1) is 12.5 Å². The number of anilines is 1. The van der Waals surface area contributed by atoms with Crippen LogP contribution in [0, 0.1) is 0 Å². The molecule has 26 heavy (non-hydrogen) atoms. The van der Waals surface area contributed by atoms with Crippen LogP contribution < -0.4 is 5.32 Å². The molecule has 1 aliphatic heterocycles. The number of nitrogens with one attached hydrogen (secondary N) is 1. The number of furan rings is 1. The van der Waals surface area contributed by atoms with Crippen molar-refractivity contribution in [1.82, 2.24) is 9.88 Å². The summed E-state index contributed by atoms with van der Waals surface area (Å²) in [7, 11) is 0. The average molecular weight is 367 g/mol. The van der Waals surface area contributed by atoms with Gasteiger partial charge in [0.2, 0.25) is 5.91 Å². The van der Waals surface area contributed by atoms with Crippen molar-refractivity contribution < 1.29 is 14.0 Å². The Balaban J connectivity index is 1.39. The molecule has 0 atom stereocenters. The predicted molar refractivity (Wildman–Crippen MR) is 98.9 cm³/mol. The van der Waals surface area contributed by atoms with Crippen LogP contribution in [0.3, 0.4) is 0 Å². The highest BCUT2D eigenvalue weighted by atomic mass is 32.1. The summed E-state index contributed by atoms with van der Waals surface area (Å²) in [6.07, 6.45) is 4.70. The fourth-order valence-corrected chi connectivity index (χ4v) is 3.65. The van der Waals surface area contributed by atoms with Gasteiger partial charge in [0.1, 0.15) is 4.88 Å². The van der Waals surface area contributed by atoms with Gasteiger partial charge < -0.3 is 14.6 Å². The predicted octanol–water partition coefficient (Wildman–Crippen LogP) is 3.78. The van der Waals surface area contributed by atoms with Gasteiger partial charge in [-0.1, -0.05) is 12.1 Å². The molecule has 1 N–H and O–H groups in total. The van der Waals surface area contributed by atoms with Crippen LogP contribution in [0.15, 0.2) is 53.3 Å². The maximum absolute atomic E-state index is 12.4. The third kappa shape index (κ3) is 3.52. The van der Waals surface area contributed by atoms with E-state index in [1.54, 1.807) is 18.5 Å². The number of thiazole rings is 1. The molecular weight excluding hydrogens is 350 g/mol. The smallest absolute Gasteiger partial charge is 0.267 e. The largest absolute Gasteiger partial charge is 0.462 e. The number of amides is 2. The second-order valence-corrected chi connectivity index (χ2v) is 7.11. The van der Waals surface area contributed by atoms with Crippen molar-refractivity contribution in [1.29, 1.82) is 0 Å². The molecule has 0 bridgehead atoms. The second-order valence-electron chi connectivity index (χ2n) is 6.08. The summed E-state index contributed by atoms with van der Waals surface area (Å²) in [6.45, 7) is 1.44. The van der Waals surface area contributed by atoms with E-state index in [0.717, 1.165) is 18.5 Å². The number of carbonyl (C=O) groups is 2. The van der Waals surface area contributed by atoms with Crippen molar-refractivity contribution in [3.63, 3.8) is 0 Å². The van der Waals surface area contributed by atoms with E-state index in [1.807, 2.05) is 35.2 Å². The fourth-order valence-electron chi connectivity index (χ4n) is 2.87. The molecule has 1 saturated heterocycles. The molecule has 1 fully saturated rings. The zero-order valence-corrected chi connectivity index (χ0v) is 14.8. The van der Waals surface area contributed by atoms with Gasteiger partial charge in [0, 0.05) is 25.2 Å². The Kier molecular flexibility index (Phi) is 4.53. The third-order valence-corrected chi connectivity index (χ3v) is 5.23. The van der Waals surface area contributed by atoms with Gasteiger partial charge in [-0.05, 0) is 36.2 Å². The van der Waals surface area contributed by atoms with Crippen LogP contribution in [0.1, 0.15) is 28.1 Å². The van der Waals surface area contributed by atoms with E-state index in [4.69, 9.17) is 4.42 Å². The monoisotopic (exact) mass is 367 g/mol. The highest BCUT2D eigenvalue weighted by Gasteiger charge is 2.20. The average Bonchev–Trinajstić information content (AvgIpc) is 3.38. The maximum atomic E-state index is 12.4. The molecule has 0 spiro atoms. The first kappa shape index (κ1) is 16.5. The molecular formula is C19H17N3O3S. The molecule has 7 heteroatoms. The van der Waals surface area contributed by atoms with Crippen molar-refractivity contribution in [2.24, 2.45) is 0 Å². The fraction of sp³-hybridized carbons (Fsp3) is 0.211. The number of carbonyl (C=O) groups excluding carboxylic acids is 2. The van der Waals surface area contributed by atoms with E-state index < -0.39 is 0 Å². The van der Waals surface area contributed by atoms with Crippen LogP contribution >= 0.6 is 11.3 Å². The van der Waals surface area contributed by atoms with E-state index >= 15 is 0 Å². The second kappa shape index (κ2) is 7.13. The Morgan fingerprint density at radius 2 is 2.12 bits per heavy atom. The Labute approximate surface area is 154 Å². The number of hydrogen-bond donors (Lipinski definition) is 1. The van der Waals surface area contributed by atoms with Crippen molar-refractivity contribution in [3.05, 3.63) is 59.3 Å². The normalized spacial score (nSPS) is 14.0. The number of rotatable bonds is 5. The Morgan fingerprint density at radius 3 is 2.81 bits per heavy atom. The van der Waals surface area contributed by atoms with E-state index in [0.29, 0.717) is 34.3 Å². The first-order valence-electron chi connectivity index (χ1n) is 8.37. The third-order valence-electron chi connectivity index (χ3n) is 4.22. The highest BCUT2D eigenvalue weighted by Crippen LogP contribution is 2.26. The lowest BCUT2D eigenvalue weighted by molar-refractivity contribution is -0.128. The van der Waals surface area contributed by atoms with Gasteiger partial charge in [-0.3, -0.25) is 9.59 Å². The summed E-state index contributed by atoms with van der Waals surface area (Å²) in [6, 6.07) is 11.2. The zero-order valence-electron chi connectivity index (χ0n) is 14.0. The van der Waals surface area contributed by atoms with Crippen LogP contribution in [-0.2, 0) is 11.3 Å². The summed E-state index contributed by atoms with van der Waals surface area (Å²) in [4.78, 5) is 30.7. The lowest BCUT2D eigenvalue weighted by atomic mass is 10.2. The molecule has 0 unspecified atom stereocenters. The maximum Gasteiger partial charge on any atom is 0.267 e. The molecule has 132 valence electrons. The molecule has 2 aromatic heterocycles. The number of aromatic nitrogens is 1. The molecule has 0 saturated carbocycles. The zero-order chi connectivity index (χ0) is 17.9. The van der Waals surface area contributed by atoms with E-state index in [9.17, 15) is 9.59 Å². The molecule has 4 rings (SSSR count). The SMILES string of the molecule is O=C(Nc1ccc(CN2CCCC2=O)cc1)c1cnc(-c2ccco2)s1. The van der Waals surface area contributed by atoms with Gasteiger partial charge >= 0.3 is 0 Å². The number of nitrogens with zero attached hydrogens (tertiary/aromatic N) is 2. The van der Waals surface area contributed by atoms with E-state index in [-0.39, 0.29) is 11.8 Å². The minimum absolute atomic E-state index is 0.206. The minimum Gasteiger partial charge on any atom is -0.462 e. The van der Waals surface area contributed by atoms with Gasteiger partial charge in [0.15, 0.2) is 10.8 Å². The molecule has 1 aromatic carbocycles. The standard InChI is InChI=1S/C19H17N3O3S/c23-17-4-1-9-22(17)12-13-5-7-14(8-6-13)21-18(24)16-11-20-19(26-16)15-3-2-10-25-15/h2-3,5-8,10-11H,1,4,9,12H2,(H,21,24).